The normalized spacial score (nSPS) is 18.5. The number of aromatic amines is 2. The topological polar surface area (TPSA) is 118 Å². The van der Waals surface area contributed by atoms with Crippen LogP contribution in [0.4, 0.5) is 4.79 Å². The first-order valence-corrected chi connectivity index (χ1v) is 8.60. The summed E-state index contributed by atoms with van der Waals surface area (Å²) in [5.74, 6) is -0.00526. The molecule has 0 saturated carbocycles. The average Bonchev–Trinajstić information content (AvgIpc) is 3.00. The first-order chi connectivity index (χ1) is 12.0. The Morgan fingerprint density at radius 3 is 2.44 bits per heavy atom. The smallest absolute Gasteiger partial charge is 0.325 e. The molecule has 9 heteroatoms. The van der Waals surface area contributed by atoms with Crippen molar-refractivity contribution in [1.29, 1.82) is 0 Å². The summed E-state index contributed by atoms with van der Waals surface area (Å²) in [4.78, 5) is 55.5. The Hall–Kier alpha value is -2.58. The minimum Gasteiger partial charge on any atom is -0.343 e. The number of urea groups is 1. The van der Waals surface area contributed by atoms with E-state index in [2.05, 4.69) is 15.3 Å². The molecule has 3 amide bonds. The minimum absolute atomic E-state index is 0.00526. The van der Waals surface area contributed by atoms with E-state index in [1.165, 1.54) is 0 Å². The highest BCUT2D eigenvalue weighted by molar-refractivity contribution is 5.77. The largest absolute Gasteiger partial charge is 0.343 e. The Balaban J connectivity index is 1.52. The molecule has 2 aliphatic rings. The van der Waals surface area contributed by atoms with E-state index in [1.807, 2.05) is 4.90 Å². The quantitative estimate of drug-likeness (QED) is 0.667. The molecule has 2 fully saturated rings. The number of rotatable bonds is 4. The van der Waals surface area contributed by atoms with Gasteiger partial charge in [-0.2, -0.15) is 0 Å². The maximum atomic E-state index is 12.4. The van der Waals surface area contributed by atoms with E-state index >= 15 is 0 Å². The van der Waals surface area contributed by atoms with Gasteiger partial charge in [-0.15, -0.1) is 0 Å². The number of aromatic nitrogens is 2. The molecule has 1 aromatic heterocycles. The van der Waals surface area contributed by atoms with Crippen molar-refractivity contribution in [3.05, 3.63) is 32.1 Å². The van der Waals surface area contributed by atoms with Crippen LogP contribution in [0.1, 0.15) is 30.5 Å². The average molecular weight is 349 g/mol. The van der Waals surface area contributed by atoms with Gasteiger partial charge in [-0.25, -0.2) is 9.59 Å². The van der Waals surface area contributed by atoms with Gasteiger partial charge in [0.25, 0.3) is 5.56 Å². The minimum atomic E-state index is -0.536. The Morgan fingerprint density at radius 2 is 1.84 bits per heavy atom. The van der Waals surface area contributed by atoms with Gasteiger partial charge in [0.05, 0.1) is 0 Å². The highest BCUT2D eigenvalue weighted by Gasteiger charge is 2.31. The van der Waals surface area contributed by atoms with Gasteiger partial charge in [-0.1, -0.05) is 0 Å². The number of likely N-dealkylation sites (tertiary alicyclic amines) is 1. The second kappa shape index (κ2) is 7.12. The summed E-state index contributed by atoms with van der Waals surface area (Å²) in [6.45, 7) is 4.31. The van der Waals surface area contributed by atoms with Crippen LogP contribution in [0.25, 0.3) is 0 Å². The molecule has 2 aliphatic heterocycles. The van der Waals surface area contributed by atoms with Gasteiger partial charge in [0, 0.05) is 49.9 Å². The number of hydrogen-bond donors (Lipinski definition) is 3. The molecule has 0 aliphatic carbocycles. The molecule has 0 bridgehead atoms. The Labute approximate surface area is 144 Å². The van der Waals surface area contributed by atoms with Crippen LogP contribution >= 0.6 is 0 Å². The Morgan fingerprint density at radius 1 is 1.12 bits per heavy atom. The predicted molar refractivity (Wildman–Crippen MR) is 90.4 cm³/mol. The summed E-state index contributed by atoms with van der Waals surface area (Å²) >= 11 is 0. The maximum Gasteiger partial charge on any atom is 0.325 e. The molecule has 136 valence electrons. The number of nitrogens with zero attached hydrogens (tertiary/aromatic N) is 2. The number of hydrogen-bond acceptors (Lipinski definition) is 4. The lowest BCUT2D eigenvalue weighted by Crippen LogP contribution is -2.47. The molecule has 3 rings (SSSR count). The number of carbonyl (C=O) groups is 2. The van der Waals surface area contributed by atoms with E-state index in [4.69, 9.17) is 0 Å². The third-order valence-corrected chi connectivity index (χ3v) is 4.99. The zero-order valence-corrected chi connectivity index (χ0v) is 14.3. The van der Waals surface area contributed by atoms with E-state index in [9.17, 15) is 19.2 Å². The Kier molecular flexibility index (Phi) is 4.91. The number of amides is 3. The van der Waals surface area contributed by atoms with Gasteiger partial charge in [-0.05, 0) is 26.2 Å². The van der Waals surface area contributed by atoms with Crippen molar-refractivity contribution >= 4 is 11.9 Å². The summed E-state index contributed by atoms with van der Waals surface area (Å²) in [7, 11) is 0. The molecular weight excluding hydrogens is 326 g/mol. The monoisotopic (exact) mass is 349 g/mol. The van der Waals surface area contributed by atoms with Gasteiger partial charge >= 0.3 is 11.7 Å². The summed E-state index contributed by atoms with van der Waals surface area (Å²) in [5, 5.41) is 2.80. The zero-order valence-electron chi connectivity index (χ0n) is 14.3. The number of nitrogens with one attached hydrogen (secondary N) is 3. The van der Waals surface area contributed by atoms with Crippen LogP contribution in [-0.2, 0) is 11.2 Å². The summed E-state index contributed by atoms with van der Waals surface area (Å²) in [6, 6.07) is 0.174. The lowest BCUT2D eigenvalue weighted by molar-refractivity contribution is -0.132. The van der Waals surface area contributed by atoms with E-state index in [-0.39, 0.29) is 24.4 Å². The van der Waals surface area contributed by atoms with E-state index < -0.39 is 11.2 Å². The molecule has 0 radical (unpaired) electrons. The van der Waals surface area contributed by atoms with Gasteiger partial charge in [0.2, 0.25) is 5.91 Å². The fraction of sp³-hybridized carbons (Fsp3) is 0.625. The number of piperidine rings is 1. The van der Waals surface area contributed by atoms with Crippen LogP contribution in [0.5, 0.6) is 0 Å². The van der Waals surface area contributed by atoms with Crippen molar-refractivity contribution < 1.29 is 9.59 Å². The van der Waals surface area contributed by atoms with Gasteiger partial charge < -0.3 is 20.1 Å². The second-order valence-electron chi connectivity index (χ2n) is 6.55. The summed E-state index contributed by atoms with van der Waals surface area (Å²) in [5.41, 5.74) is -0.0321. The molecule has 9 nitrogen and oxygen atoms in total. The lowest BCUT2D eigenvalue weighted by atomic mass is 10.0. The van der Waals surface area contributed by atoms with E-state index in [0.29, 0.717) is 37.3 Å². The van der Waals surface area contributed by atoms with Crippen LogP contribution in [-0.4, -0.2) is 63.9 Å². The fourth-order valence-corrected chi connectivity index (χ4v) is 3.58. The fourth-order valence-electron chi connectivity index (χ4n) is 3.58. The number of H-pyrrole nitrogens is 2. The van der Waals surface area contributed by atoms with Crippen molar-refractivity contribution in [3.63, 3.8) is 0 Å². The van der Waals surface area contributed by atoms with Crippen molar-refractivity contribution in [2.75, 3.05) is 26.2 Å². The first kappa shape index (κ1) is 17.2. The van der Waals surface area contributed by atoms with Crippen molar-refractivity contribution in [2.45, 2.75) is 38.6 Å². The molecule has 2 saturated heterocycles. The highest BCUT2D eigenvalue weighted by Crippen LogP contribution is 2.19. The van der Waals surface area contributed by atoms with E-state index in [1.54, 1.807) is 11.8 Å². The van der Waals surface area contributed by atoms with Crippen LogP contribution in [0.15, 0.2) is 9.59 Å². The van der Waals surface area contributed by atoms with Crippen LogP contribution in [0.2, 0.25) is 0 Å². The van der Waals surface area contributed by atoms with Crippen LogP contribution in [0.3, 0.4) is 0 Å². The first-order valence-electron chi connectivity index (χ1n) is 8.60. The standard InChI is InChI=1S/C16H23N5O4/c1-10-12(14(23)19-15(24)18-10)2-3-13(22)20-7-4-11(5-8-20)21-9-6-17-16(21)25/h11H,2-9H2,1H3,(H,17,25)(H2,18,19,23,24). The third kappa shape index (κ3) is 3.75. The second-order valence-corrected chi connectivity index (χ2v) is 6.55. The molecule has 0 unspecified atom stereocenters. The highest BCUT2D eigenvalue weighted by atomic mass is 16.2. The SMILES string of the molecule is Cc1[nH]c(=O)[nH]c(=O)c1CCC(=O)N1CCC(N2CCNC2=O)CC1. The Bertz CT molecular complexity index is 775. The van der Waals surface area contributed by atoms with Crippen molar-refractivity contribution in [3.8, 4) is 0 Å². The zero-order chi connectivity index (χ0) is 18.0. The van der Waals surface area contributed by atoms with Crippen molar-refractivity contribution in [1.82, 2.24) is 25.1 Å². The number of carbonyl (C=O) groups excluding carboxylic acids is 2. The number of aryl methyl sites for hydroxylation is 1. The molecule has 3 N–H and O–H groups in total. The van der Waals surface area contributed by atoms with Gasteiger partial charge in [-0.3, -0.25) is 14.6 Å². The third-order valence-electron chi connectivity index (χ3n) is 4.99. The van der Waals surface area contributed by atoms with E-state index in [0.717, 1.165) is 19.4 Å². The van der Waals surface area contributed by atoms with Gasteiger partial charge in [0.15, 0.2) is 0 Å². The van der Waals surface area contributed by atoms with Crippen LogP contribution < -0.4 is 16.6 Å². The molecule has 25 heavy (non-hydrogen) atoms. The predicted octanol–water partition coefficient (Wildman–Crippen LogP) is -0.680. The van der Waals surface area contributed by atoms with Gasteiger partial charge in [0.1, 0.15) is 0 Å². The molecule has 3 heterocycles. The summed E-state index contributed by atoms with van der Waals surface area (Å²) in [6.07, 6.45) is 2.07. The lowest BCUT2D eigenvalue weighted by Gasteiger charge is -2.36. The molecule has 1 aromatic rings. The summed E-state index contributed by atoms with van der Waals surface area (Å²) < 4.78 is 0. The van der Waals surface area contributed by atoms with Crippen molar-refractivity contribution in [2.24, 2.45) is 0 Å². The molecular formula is C16H23N5O4. The van der Waals surface area contributed by atoms with Crippen LogP contribution in [0, 0.1) is 6.92 Å². The maximum absolute atomic E-state index is 12.4. The molecule has 0 atom stereocenters. The molecule has 0 aromatic carbocycles. The molecule has 0 spiro atoms.